The van der Waals surface area contributed by atoms with Crippen LogP contribution in [0.2, 0.25) is 0 Å². The van der Waals surface area contributed by atoms with Crippen LogP contribution in [0.1, 0.15) is 30.0 Å². The van der Waals surface area contributed by atoms with E-state index in [9.17, 15) is 14.0 Å². The first-order chi connectivity index (χ1) is 20.3. The minimum Gasteiger partial charge on any atom is -0.389 e. The number of piperazine rings is 1. The van der Waals surface area contributed by atoms with Crippen LogP contribution in [0.4, 0.5) is 24.1 Å². The van der Waals surface area contributed by atoms with Gasteiger partial charge in [0.1, 0.15) is 23.3 Å². The Bertz CT molecular complexity index is 1770. The van der Waals surface area contributed by atoms with Crippen LogP contribution in [0.25, 0.3) is 32.2 Å². The van der Waals surface area contributed by atoms with E-state index in [0.29, 0.717) is 30.0 Å². The molecule has 0 bridgehead atoms. The molecule has 0 radical (unpaired) electrons. The zero-order valence-corrected chi connectivity index (χ0v) is 24.0. The molecular formula is C29H29F3N8OS. The molecule has 2 saturated heterocycles. The maximum Gasteiger partial charge on any atom is 0.226 e. The predicted molar refractivity (Wildman–Crippen MR) is 155 cm³/mol. The van der Waals surface area contributed by atoms with Crippen LogP contribution in [-0.2, 0) is 18.0 Å². The second-order valence-electron chi connectivity index (χ2n) is 11.3. The number of nitriles is 1. The SMILES string of the molecule is C[C@H]1[C@@H](N2CCN(C)C[C@H]2CF)CCN1c1ncc2c3c(c(-c4ncc(F)c5sc(N)c(C#N)c45)c(F)c2n1)COC3. The van der Waals surface area contributed by atoms with Crippen molar-refractivity contribution in [3.05, 3.63) is 40.7 Å². The number of halogens is 3. The fourth-order valence-corrected chi connectivity index (χ4v) is 7.85. The summed E-state index contributed by atoms with van der Waals surface area (Å²) in [5, 5.41) is 10.7. The van der Waals surface area contributed by atoms with Crippen LogP contribution in [0.3, 0.4) is 0 Å². The first-order valence-corrected chi connectivity index (χ1v) is 14.8. The summed E-state index contributed by atoms with van der Waals surface area (Å²) in [7, 11) is 2.01. The van der Waals surface area contributed by atoms with E-state index in [1.165, 1.54) is 0 Å². The third kappa shape index (κ3) is 4.04. The number of rotatable bonds is 4. The van der Waals surface area contributed by atoms with Crippen molar-refractivity contribution >= 4 is 43.3 Å². The Morgan fingerprint density at radius 3 is 2.76 bits per heavy atom. The number of nitrogen functional groups attached to an aromatic ring is 1. The van der Waals surface area contributed by atoms with Gasteiger partial charge in [0, 0.05) is 60.8 Å². The number of alkyl halides is 1. The number of pyridine rings is 1. The van der Waals surface area contributed by atoms with Crippen molar-refractivity contribution in [3.8, 4) is 17.3 Å². The van der Waals surface area contributed by atoms with Gasteiger partial charge in [0.15, 0.2) is 11.6 Å². The van der Waals surface area contributed by atoms with Crippen molar-refractivity contribution in [2.24, 2.45) is 0 Å². The molecular weight excluding hydrogens is 565 g/mol. The van der Waals surface area contributed by atoms with E-state index in [4.69, 9.17) is 15.5 Å². The highest BCUT2D eigenvalue weighted by Crippen LogP contribution is 2.45. The number of hydrogen-bond donors (Lipinski definition) is 1. The van der Waals surface area contributed by atoms with Gasteiger partial charge in [-0.05, 0) is 31.5 Å². The summed E-state index contributed by atoms with van der Waals surface area (Å²) in [6, 6.07) is 1.98. The molecule has 0 spiro atoms. The van der Waals surface area contributed by atoms with E-state index in [1.807, 2.05) is 13.1 Å². The number of aromatic nitrogens is 3. The summed E-state index contributed by atoms with van der Waals surface area (Å²) in [6.07, 6.45) is 3.49. The second kappa shape index (κ2) is 10.3. The van der Waals surface area contributed by atoms with Crippen molar-refractivity contribution in [1.82, 2.24) is 24.8 Å². The van der Waals surface area contributed by atoms with Crippen molar-refractivity contribution in [1.29, 1.82) is 5.26 Å². The Morgan fingerprint density at radius 2 is 1.98 bits per heavy atom. The molecule has 0 aliphatic carbocycles. The van der Waals surface area contributed by atoms with E-state index in [-0.39, 0.29) is 68.8 Å². The first-order valence-electron chi connectivity index (χ1n) is 13.9. The molecule has 3 aromatic heterocycles. The summed E-state index contributed by atoms with van der Waals surface area (Å²) < 4.78 is 51.3. The molecule has 3 aliphatic rings. The quantitative estimate of drug-likeness (QED) is 0.372. The normalized spacial score (nSPS) is 23.2. The summed E-state index contributed by atoms with van der Waals surface area (Å²) in [5.41, 5.74) is 7.81. The number of nitrogens with two attached hydrogens (primary N) is 1. The van der Waals surface area contributed by atoms with Gasteiger partial charge in [-0.3, -0.25) is 9.88 Å². The van der Waals surface area contributed by atoms with Crippen LogP contribution >= 0.6 is 11.3 Å². The third-order valence-corrected chi connectivity index (χ3v) is 10.1. The maximum absolute atomic E-state index is 16.7. The van der Waals surface area contributed by atoms with Crippen LogP contribution in [0.5, 0.6) is 0 Å². The number of hydrogen-bond acceptors (Lipinski definition) is 10. The number of thiophene rings is 1. The standard InChI is InChI=1S/C29H29F3N8OS/c1-14-21(40-6-5-38(2)11-15(40)7-30)3-4-39(14)29-36-9-17-18-12-41-13-19(18)22(24(32)25(17)37-29)26-23-16(8-33)28(34)42-27(23)20(31)10-35-26/h9-10,14-15,21H,3-7,11-13,34H2,1-2H3/t14-,15+,21-/m0/s1. The lowest BCUT2D eigenvalue weighted by Crippen LogP contribution is -2.58. The molecule has 2 fully saturated rings. The van der Waals surface area contributed by atoms with E-state index >= 15 is 4.39 Å². The average molecular weight is 595 g/mol. The zero-order chi connectivity index (χ0) is 29.3. The summed E-state index contributed by atoms with van der Waals surface area (Å²) in [6.45, 7) is 5.05. The Labute approximate surface area is 244 Å². The van der Waals surface area contributed by atoms with Crippen molar-refractivity contribution in [2.45, 2.75) is 44.7 Å². The maximum atomic E-state index is 16.7. The van der Waals surface area contributed by atoms with Gasteiger partial charge < -0.3 is 20.3 Å². The Balaban J connectivity index is 1.34. The molecule has 42 heavy (non-hydrogen) atoms. The van der Waals surface area contributed by atoms with Crippen LogP contribution in [0, 0.1) is 23.0 Å². The minimum absolute atomic E-state index is 0.00874. The lowest BCUT2D eigenvalue weighted by atomic mass is 9.94. The smallest absolute Gasteiger partial charge is 0.226 e. The number of anilines is 2. The molecule has 0 amide bonds. The Kier molecular flexibility index (Phi) is 6.69. The molecule has 218 valence electrons. The molecule has 13 heteroatoms. The Morgan fingerprint density at radius 1 is 1.17 bits per heavy atom. The number of fused-ring (bicyclic) bond motifs is 4. The highest BCUT2D eigenvalue weighted by Gasteiger charge is 2.41. The van der Waals surface area contributed by atoms with E-state index in [0.717, 1.165) is 42.6 Å². The van der Waals surface area contributed by atoms with Crippen molar-refractivity contribution < 1.29 is 17.9 Å². The lowest BCUT2D eigenvalue weighted by Gasteiger charge is -2.43. The highest BCUT2D eigenvalue weighted by molar-refractivity contribution is 7.23. The van der Waals surface area contributed by atoms with Gasteiger partial charge in [-0.2, -0.15) is 5.26 Å². The molecule has 2 N–H and O–H groups in total. The number of benzene rings is 1. The molecule has 3 aliphatic heterocycles. The lowest BCUT2D eigenvalue weighted by molar-refractivity contribution is 0.0373. The molecule has 9 nitrogen and oxygen atoms in total. The van der Waals surface area contributed by atoms with Crippen LogP contribution < -0.4 is 10.6 Å². The van der Waals surface area contributed by atoms with E-state index in [2.05, 4.69) is 31.6 Å². The van der Waals surface area contributed by atoms with E-state index < -0.39 is 18.3 Å². The summed E-state index contributed by atoms with van der Waals surface area (Å²) in [4.78, 5) is 20.1. The minimum atomic E-state index is -0.632. The Hall–Kier alpha value is -3.57. The van der Waals surface area contributed by atoms with Gasteiger partial charge in [0.25, 0.3) is 0 Å². The molecule has 3 atom stereocenters. The predicted octanol–water partition coefficient (Wildman–Crippen LogP) is 4.22. The molecule has 0 saturated carbocycles. The van der Waals surface area contributed by atoms with Gasteiger partial charge in [-0.25, -0.2) is 23.1 Å². The number of nitrogens with zero attached hydrogens (tertiary/aromatic N) is 7. The molecule has 1 aromatic carbocycles. The molecule has 0 unspecified atom stereocenters. The topological polar surface area (TPSA) is 107 Å². The summed E-state index contributed by atoms with van der Waals surface area (Å²) >= 11 is 0.939. The van der Waals surface area contributed by atoms with Gasteiger partial charge in [-0.1, -0.05) is 0 Å². The summed E-state index contributed by atoms with van der Waals surface area (Å²) in [5.74, 6) is -0.868. The highest BCUT2D eigenvalue weighted by atomic mass is 32.1. The zero-order valence-electron chi connectivity index (χ0n) is 23.2. The second-order valence-corrected chi connectivity index (χ2v) is 12.3. The van der Waals surface area contributed by atoms with Crippen molar-refractivity contribution in [2.75, 3.05) is 50.5 Å². The molecule has 6 heterocycles. The number of likely N-dealkylation sites (N-methyl/N-ethyl adjacent to an activating group) is 1. The fraction of sp³-hybridized carbons (Fsp3) is 0.448. The van der Waals surface area contributed by atoms with Gasteiger partial charge in [0.2, 0.25) is 5.95 Å². The van der Waals surface area contributed by atoms with Gasteiger partial charge in [-0.15, -0.1) is 11.3 Å². The molecule has 7 rings (SSSR count). The van der Waals surface area contributed by atoms with Crippen LogP contribution in [0.15, 0.2) is 12.4 Å². The fourth-order valence-electron chi connectivity index (χ4n) is 6.93. The van der Waals surface area contributed by atoms with Gasteiger partial charge >= 0.3 is 0 Å². The van der Waals surface area contributed by atoms with E-state index in [1.54, 1.807) is 6.20 Å². The largest absolute Gasteiger partial charge is 0.389 e. The monoisotopic (exact) mass is 594 g/mol. The van der Waals surface area contributed by atoms with Crippen molar-refractivity contribution in [3.63, 3.8) is 0 Å². The van der Waals surface area contributed by atoms with Gasteiger partial charge in [0.05, 0.1) is 41.4 Å². The third-order valence-electron chi connectivity index (χ3n) is 9.04. The molecule has 4 aromatic rings. The number of ether oxygens (including phenoxy) is 1. The first kappa shape index (κ1) is 27.3. The van der Waals surface area contributed by atoms with Crippen LogP contribution in [-0.4, -0.2) is 82.8 Å². The average Bonchev–Trinajstić information content (AvgIpc) is 3.71.